The van der Waals surface area contributed by atoms with Gasteiger partial charge in [-0.3, -0.25) is 0 Å². The highest BCUT2D eigenvalue weighted by Crippen LogP contribution is 2.28. The standard InChI is InChI=1S/C7H12N2O5S2/c10-7-8-15(11,12)5-1-2-6(4-3-5)16(13,14)9-7/h5-6H,1-4H2,(H2,8,9,10). The summed E-state index contributed by atoms with van der Waals surface area (Å²) in [6, 6.07) is -1.18. The number of rotatable bonds is 0. The van der Waals surface area contributed by atoms with Gasteiger partial charge in [-0.15, -0.1) is 0 Å². The van der Waals surface area contributed by atoms with Gasteiger partial charge in [-0.25, -0.2) is 31.1 Å². The molecule has 2 heterocycles. The van der Waals surface area contributed by atoms with Crippen LogP contribution in [0.3, 0.4) is 0 Å². The number of amides is 2. The van der Waals surface area contributed by atoms with Gasteiger partial charge < -0.3 is 0 Å². The monoisotopic (exact) mass is 268 g/mol. The second kappa shape index (κ2) is 3.59. The third-order valence-electron chi connectivity index (χ3n) is 2.97. The lowest BCUT2D eigenvalue weighted by atomic mass is 10.00. The Kier molecular flexibility index (Phi) is 2.61. The first-order valence-electron chi connectivity index (χ1n) is 4.88. The fourth-order valence-electron chi connectivity index (χ4n) is 2.10. The van der Waals surface area contributed by atoms with Crippen molar-refractivity contribution >= 4 is 26.1 Å². The summed E-state index contributed by atoms with van der Waals surface area (Å²) >= 11 is 0. The molecule has 2 bridgehead atoms. The number of hydrogen-bond donors (Lipinski definition) is 2. The van der Waals surface area contributed by atoms with Crippen molar-refractivity contribution in [1.29, 1.82) is 0 Å². The van der Waals surface area contributed by atoms with Crippen molar-refractivity contribution in [3.8, 4) is 0 Å². The van der Waals surface area contributed by atoms with Gasteiger partial charge in [0.1, 0.15) is 0 Å². The highest BCUT2D eigenvalue weighted by molar-refractivity contribution is 7.92. The highest BCUT2D eigenvalue weighted by atomic mass is 32.2. The lowest BCUT2D eigenvalue weighted by molar-refractivity contribution is 0.250. The molecule has 2 aliphatic heterocycles. The molecule has 2 N–H and O–H groups in total. The van der Waals surface area contributed by atoms with E-state index >= 15 is 0 Å². The third-order valence-corrected chi connectivity index (χ3v) is 6.61. The summed E-state index contributed by atoms with van der Waals surface area (Å²) in [6.45, 7) is 0. The average molecular weight is 268 g/mol. The van der Waals surface area contributed by atoms with Gasteiger partial charge >= 0.3 is 6.03 Å². The van der Waals surface area contributed by atoms with E-state index < -0.39 is 36.6 Å². The molecule has 2 amide bonds. The Morgan fingerprint density at radius 3 is 1.44 bits per heavy atom. The molecule has 1 aliphatic carbocycles. The van der Waals surface area contributed by atoms with Crippen molar-refractivity contribution in [3.05, 3.63) is 0 Å². The van der Waals surface area contributed by atoms with E-state index in [-0.39, 0.29) is 25.7 Å². The van der Waals surface area contributed by atoms with E-state index in [1.54, 1.807) is 9.44 Å². The maximum atomic E-state index is 11.6. The van der Waals surface area contributed by atoms with Crippen LogP contribution in [0.5, 0.6) is 0 Å². The first kappa shape index (κ1) is 11.6. The van der Waals surface area contributed by atoms with Crippen LogP contribution in [0, 0.1) is 0 Å². The third kappa shape index (κ3) is 2.01. The van der Waals surface area contributed by atoms with Gasteiger partial charge in [-0.2, -0.15) is 0 Å². The number of carbonyl (C=O) groups is 1. The molecule has 2 saturated heterocycles. The van der Waals surface area contributed by atoms with E-state index in [4.69, 9.17) is 0 Å². The molecular weight excluding hydrogens is 256 g/mol. The van der Waals surface area contributed by atoms with E-state index in [2.05, 4.69) is 0 Å². The molecule has 7 nitrogen and oxygen atoms in total. The molecular formula is C7H12N2O5S2. The van der Waals surface area contributed by atoms with Crippen LogP contribution >= 0.6 is 0 Å². The molecule has 3 rings (SSSR count). The topological polar surface area (TPSA) is 109 Å². The van der Waals surface area contributed by atoms with Crippen LogP contribution in [-0.4, -0.2) is 33.4 Å². The van der Waals surface area contributed by atoms with Crippen molar-refractivity contribution in [2.24, 2.45) is 0 Å². The van der Waals surface area contributed by atoms with Crippen LogP contribution in [0.1, 0.15) is 25.7 Å². The largest absolute Gasteiger partial charge is 0.342 e. The van der Waals surface area contributed by atoms with Crippen molar-refractivity contribution in [1.82, 2.24) is 9.44 Å². The van der Waals surface area contributed by atoms with Crippen LogP contribution in [0.4, 0.5) is 4.79 Å². The Bertz CT molecular complexity index is 455. The molecule has 3 fully saturated rings. The van der Waals surface area contributed by atoms with Gasteiger partial charge in [0.2, 0.25) is 20.0 Å². The summed E-state index contributed by atoms with van der Waals surface area (Å²) in [7, 11) is -7.49. The highest BCUT2D eigenvalue weighted by Gasteiger charge is 2.40. The van der Waals surface area contributed by atoms with Crippen LogP contribution < -0.4 is 9.44 Å². The van der Waals surface area contributed by atoms with E-state index in [0.29, 0.717) is 0 Å². The minimum absolute atomic E-state index is 0.272. The minimum atomic E-state index is -3.74. The lowest BCUT2D eigenvalue weighted by Gasteiger charge is -2.24. The van der Waals surface area contributed by atoms with Gasteiger partial charge in [0.05, 0.1) is 10.5 Å². The summed E-state index contributed by atoms with van der Waals surface area (Å²) in [6.07, 6.45) is 1.09. The van der Waals surface area contributed by atoms with Crippen molar-refractivity contribution in [2.75, 3.05) is 0 Å². The van der Waals surface area contributed by atoms with E-state index in [0.717, 1.165) is 0 Å². The van der Waals surface area contributed by atoms with Crippen LogP contribution in [-0.2, 0) is 20.0 Å². The summed E-state index contributed by atoms with van der Waals surface area (Å²) < 4.78 is 49.9. The number of sulfonamides is 2. The van der Waals surface area contributed by atoms with Gasteiger partial charge in [0, 0.05) is 0 Å². The zero-order valence-electron chi connectivity index (χ0n) is 8.34. The lowest BCUT2D eigenvalue weighted by Crippen LogP contribution is -2.44. The molecule has 9 heteroatoms. The first-order chi connectivity index (χ1) is 7.31. The number of nitrogens with one attached hydrogen (secondary N) is 2. The van der Waals surface area contributed by atoms with Gasteiger partial charge in [0.25, 0.3) is 0 Å². The van der Waals surface area contributed by atoms with E-state index in [1.807, 2.05) is 0 Å². The summed E-state index contributed by atoms with van der Waals surface area (Å²) in [5, 5.41) is -1.33. The number of carbonyl (C=O) groups excluding carboxylic acids is 1. The predicted octanol–water partition coefficient (Wildman–Crippen LogP) is -0.730. The Hall–Kier alpha value is -0.830. The molecule has 0 aromatic rings. The normalized spacial score (nSPS) is 36.4. The summed E-state index contributed by atoms with van der Waals surface area (Å²) in [5.74, 6) is 0. The predicted molar refractivity (Wildman–Crippen MR) is 55.6 cm³/mol. The van der Waals surface area contributed by atoms with Crippen molar-refractivity contribution in [3.63, 3.8) is 0 Å². The smallest absolute Gasteiger partial charge is 0.247 e. The summed E-state index contributed by atoms with van der Waals surface area (Å²) in [4.78, 5) is 11.2. The van der Waals surface area contributed by atoms with Crippen molar-refractivity contribution < 1.29 is 21.6 Å². The zero-order valence-corrected chi connectivity index (χ0v) is 9.97. The molecule has 0 spiro atoms. The maximum Gasteiger partial charge on any atom is 0.342 e. The maximum absolute atomic E-state index is 11.6. The molecule has 1 saturated carbocycles. The van der Waals surface area contributed by atoms with E-state index in [1.165, 1.54) is 0 Å². The molecule has 0 radical (unpaired) electrons. The van der Waals surface area contributed by atoms with Crippen LogP contribution in [0.25, 0.3) is 0 Å². The molecule has 0 atom stereocenters. The number of hydrogen-bond acceptors (Lipinski definition) is 5. The molecule has 0 aromatic heterocycles. The number of urea groups is 1. The molecule has 0 aromatic carbocycles. The Morgan fingerprint density at radius 2 is 1.12 bits per heavy atom. The molecule has 3 aliphatic rings. The van der Waals surface area contributed by atoms with Crippen molar-refractivity contribution in [2.45, 2.75) is 36.2 Å². The number of fused-ring (bicyclic) bond motifs is 6. The van der Waals surface area contributed by atoms with E-state index in [9.17, 15) is 21.6 Å². The fraction of sp³-hybridized carbons (Fsp3) is 0.857. The van der Waals surface area contributed by atoms with Crippen LogP contribution in [0.15, 0.2) is 0 Å². The van der Waals surface area contributed by atoms with Gasteiger partial charge in [0.15, 0.2) is 0 Å². The molecule has 0 unspecified atom stereocenters. The van der Waals surface area contributed by atoms with Gasteiger partial charge in [-0.05, 0) is 25.7 Å². The average Bonchev–Trinajstić information content (AvgIpc) is 2.19. The minimum Gasteiger partial charge on any atom is -0.247 e. The Balaban J connectivity index is 2.42. The Morgan fingerprint density at radius 1 is 0.812 bits per heavy atom. The SMILES string of the molecule is O=C1NS(=O)(=O)C2CCC(CC2)S(=O)(=O)N1. The first-order valence-corrected chi connectivity index (χ1v) is 7.98. The second-order valence-corrected chi connectivity index (χ2v) is 7.94. The fourth-order valence-corrected chi connectivity index (χ4v) is 4.90. The summed E-state index contributed by atoms with van der Waals surface area (Å²) in [5.41, 5.74) is 0. The molecule has 16 heavy (non-hydrogen) atoms. The van der Waals surface area contributed by atoms with Gasteiger partial charge in [-0.1, -0.05) is 0 Å². The second-order valence-electron chi connectivity index (χ2n) is 4.02. The quantitative estimate of drug-likeness (QED) is 0.602. The molecule has 92 valence electrons. The Labute approximate surface area is 93.7 Å². The zero-order chi connectivity index (χ0) is 12.0. The van der Waals surface area contributed by atoms with Crippen LogP contribution in [0.2, 0.25) is 0 Å².